The molecular weight excluding hydrogens is 342 g/mol. The number of hydrogen-bond acceptors (Lipinski definition) is 5. The molecular formula is C21H25N3O3. The lowest BCUT2D eigenvalue weighted by molar-refractivity contribution is -0.169. The maximum atomic E-state index is 12.7. The van der Waals surface area contributed by atoms with Gasteiger partial charge in [-0.2, -0.15) is 0 Å². The molecule has 1 aromatic carbocycles. The number of carbonyl (C=O) groups is 1. The third-order valence-electron chi connectivity index (χ3n) is 5.15. The minimum absolute atomic E-state index is 0.125. The van der Waals surface area contributed by atoms with Crippen molar-refractivity contribution < 1.29 is 14.3 Å². The first kappa shape index (κ1) is 17.9. The van der Waals surface area contributed by atoms with Crippen molar-refractivity contribution in [1.82, 2.24) is 4.98 Å². The Balaban J connectivity index is 1.45. The Morgan fingerprint density at radius 2 is 1.74 bits per heavy atom. The molecule has 1 amide bonds. The summed E-state index contributed by atoms with van der Waals surface area (Å²) in [5.41, 5.74) is 3.66. The van der Waals surface area contributed by atoms with Crippen LogP contribution in [0.2, 0.25) is 0 Å². The first-order chi connectivity index (χ1) is 13.0. The molecule has 1 aromatic heterocycles. The maximum absolute atomic E-state index is 12.7. The van der Waals surface area contributed by atoms with Crippen LogP contribution in [0.3, 0.4) is 0 Å². The van der Waals surface area contributed by atoms with E-state index in [0.717, 1.165) is 48.6 Å². The second-order valence-corrected chi connectivity index (χ2v) is 7.33. The number of nitrogens with one attached hydrogen (secondary N) is 1. The number of carbonyl (C=O) groups excluding carboxylic acids is 1. The van der Waals surface area contributed by atoms with Crippen LogP contribution in [0.5, 0.6) is 0 Å². The Bertz CT molecular complexity index is 816. The van der Waals surface area contributed by atoms with Crippen molar-refractivity contribution in [2.45, 2.75) is 32.5 Å². The summed E-state index contributed by atoms with van der Waals surface area (Å²) in [4.78, 5) is 19.3. The Labute approximate surface area is 159 Å². The second-order valence-electron chi connectivity index (χ2n) is 7.33. The Hall–Kier alpha value is -2.44. The highest BCUT2D eigenvalue weighted by Gasteiger charge is 2.40. The highest BCUT2D eigenvalue weighted by Crippen LogP contribution is 2.32. The van der Waals surface area contributed by atoms with E-state index in [4.69, 9.17) is 9.47 Å². The first-order valence-corrected chi connectivity index (χ1v) is 9.42. The van der Waals surface area contributed by atoms with Crippen LogP contribution in [0.25, 0.3) is 0 Å². The van der Waals surface area contributed by atoms with Crippen LogP contribution >= 0.6 is 0 Å². The molecule has 2 saturated heterocycles. The number of piperidine rings is 1. The Kier molecular flexibility index (Phi) is 4.85. The van der Waals surface area contributed by atoms with E-state index in [1.165, 1.54) is 0 Å². The number of nitrogens with zero attached hydrogens (tertiary/aromatic N) is 2. The van der Waals surface area contributed by atoms with Crippen molar-refractivity contribution in [1.29, 1.82) is 0 Å². The topological polar surface area (TPSA) is 63.7 Å². The number of amides is 1. The van der Waals surface area contributed by atoms with Gasteiger partial charge >= 0.3 is 0 Å². The van der Waals surface area contributed by atoms with Crippen LogP contribution in [-0.4, -0.2) is 43.0 Å². The van der Waals surface area contributed by atoms with Gasteiger partial charge in [-0.15, -0.1) is 0 Å². The van der Waals surface area contributed by atoms with Crippen molar-refractivity contribution in [3.63, 3.8) is 0 Å². The fourth-order valence-corrected chi connectivity index (χ4v) is 3.84. The summed E-state index contributed by atoms with van der Waals surface area (Å²) in [6.07, 6.45) is 3.32. The molecule has 1 spiro atoms. The van der Waals surface area contributed by atoms with Gasteiger partial charge in [0.05, 0.1) is 13.2 Å². The van der Waals surface area contributed by atoms with Gasteiger partial charge < -0.3 is 19.7 Å². The number of pyridine rings is 1. The smallest absolute Gasteiger partial charge is 0.255 e. The van der Waals surface area contributed by atoms with E-state index in [-0.39, 0.29) is 5.91 Å². The molecule has 0 radical (unpaired) electrons. The van der Waals surface area contributed by atoms with Crippen LogP contribution in [0, 0.1) is 13.8 Å². The molecule has 1 N–H and O–H groups in total. The molecule has 27 heavy (non-hydrogen) atoms. The molecule has 0 unspecified atom stereocenters. The number of hydrogen-bond donors (Lipinski definition) is 1. The largest absolute Gasteiger partial charge is 0.356 e. The van der Waals surface area contributed by atoms with Crippen LogP contribution in [-0.2, 0) is 9.47 Å². The van der Waals surface area contributed by atoms with Crippen LogP contribution in [0.4, 0.5) is 11.5 Å². The summed E-state index contributed by atoms with van der Waals surface area (Å²) < 4.78 is 11.6. The minimum Gasteiger partial charge on any atom is -0.356 e. The van der Waals surface area contributed by atoms with Gasteiger partial charge in [-0.05, 0) is 49.2 Å². The van der Waals surface area contributed by atoms with Gasteiger partial charge in [-0.1, -0.05) is 6.07 Å². The summed E-state index contributed by atoms with van der Waals surface area (Å²) in [7, 11) is 0. The normalized spacial score (nSPS) is 18.7. The van der Waals surface area contributed by atoms with E-state index in [1.807, 2.05) is 32.0 Å². The second kappa shape index (κ2) is 7.29. The number of ether oxygens (including phenoxy) is 2. The molecule has 6 nitrogen and oxygen atoms in total. The van der Waals surface area contributed by atoms with Crippen LogP contribution < -0.4 is 10.2 Å². The summed E-state index contributed by atoms with van der Waals surface area (Å²) in [6, 6.07) is 9.63. The third-order valence-corrected chi connectivity index (χ3v) is 5.15. The zero-order valence-electron chi connectivity index (χ0n) is 15.8. The average molecular weight is 367 g/mol. The van der Waals surface area contributed by atoms with E-state index in [9.17, 15) is 4.79 Å². The van der Waals surface area contributed by atoms with Crippen molar-refractivity contribution in [2.24, 2.45) is 0 Å². The van der Waals surface area contributed by atoms with Gasteiger partial charge in [-0.25, -0.2) is 4.98 Å². The first-order valence-electron chi connectivity index (χ1n) is 9.42. The number of rotatable bonds is 3. The number of anilines is 2. The van der Waals surface area contributed by atoms with Crippen LogP contribution in [0.15, 0.2) is 36.5 Å². The van der Waals surface area contributed by atoms with Gasteiger partial charge in [0.2, 0.25) is 0 Å². The molecule has 6 heteroatoms. The monoisotopic (exact) mass is 367 g/mol. The Morgan fingerprint density at radius 1 is 1.07 bits per heavy atom. The van der Waals surface area contributed by atoms with Crippen molar-refractivity contribution >= 4 is 17.4 Å². The Morgan fingerprint density at radius 3 is 2.41 bits per heavy atom. The molecule has 2 aliphatic heterocycles. The van der Waals surface area contributed by atoms with E-state index < -0.39 is 5.79 Å². The van der Waals surface area contributed by atoms with E-state index in [2.05, 4.69) is 21.3 Å². The van der Waals surface area contributed by atoms with E-state index >= 15 is 0 Å². The molecule has 2 aliphatic rings. The molecule has 0 atom stereocenters. The summed E-state index contributed by atoms with van der Waals surface area (Å²) in [5, 5.41) is 2.98. The van der Waals surface area contributed by atoms with Gasteiger partial charge in [0, 0.05) is 43.4 Å². The molecule has 0 aliphatic carbocycles. The summed E-state index contributed by atoms with van der Waals surface area (Å²) in [5.74, 6) is 0.282. The number of aromatic nitrogens is 1. The van der Waals surface area contributed by atoms with E-state index in [0.29, 0.717) is 18.8 Å². The SMILES string of the molecule is Cc1cc(C)cc(NC(=O)c2ccnc(N3CCC4(CC3)OCCO4)c2)c1. The molecule has 4 rings (SSSR count). The van der Waals surface area contributed by atoms with Gasteiger partial charge in [0.15, 0.2) is 5.79 Å². The molecule has 0 bridgehead atoms. The van der Waals surface area contributed by atoms with Gasteiger partial charge in [0.25, 0.3) is 5.91 Å². The zero-order valence-corrected chi connectivity index (χ0v) is 15.8. The highest BCUT2D eigenvalue weighted by molar-refractivity contribution is 6.04. The lowest BCUT2D eigenvalue weighted by atomic mass is 10.0. The third kappa shape index (κ3) is 3.96. The quantitative estimate of drug-likeness (QED) is 0.902. The number of benzene rings is 1. The zero-order chi connectivity index (χ0) is 18.9. The molecule has 0 saturated carbocycles. The predicted octanol–water partition coefficient (Wildman–Crippen LogP) is 3.29. The fourth-order valence-electron chi connectivity index (χ4n) is 3.84. The van der Waals surface area contributed by atoms with Crippen molar-refractivity contribution in [2.75, 3.05) is 36.5 Å². The van der Waals surface area contributed by atoms with Crippen LogP contribution in [0.1, 0.15) is 34.3 Å². The van der Waals surface area contributed by atoms with Gasteiger partial charge in [-0.3, -0.25) is 4.79 Å². The highest BCUT2D eigenvalue weighted by atomic mass is 16.7. The molecule has 142 valence electrons. The number of aryl methyl sites for hydroxylation is 2. The maximum Gasteiger partial charge on any atom is 0.255 e. The molecule has 3 heterocycles. The predicted molar refractivity (Wildman–Crippen MR) is 104 cm³/mol. The summed E-state index contributed by atoms with van der Waals surface area (Å²) >= 11 is 0. The summed E-state index contributed by atoms with van der Waals surface area (Å²) in [6.45, 7) is 6.99. The van der Waals surface area contributed by atoms with E-state index in [1.54, 1.807) is 12.3 Å². The lowest BCUT2D eigenvalue weighted by Gasteiger charge is -2.38. The van der Waals surface area contributed by atoms with Gasteiger partial charge in [0.1, 0.15) is 5.82 Å². The lowest BCUT2D eigenvalue weighted by Crippen LogP contribution is -2.45. The average Bonchev–Trinajstić information content (AvgIpc) is 3.09. The molecule has 2 aromatic rings. The standard InChI is InChI=1S/C21H25N3O3/c1-15-11-16(2)13-18(12-15)23-20(25)17-3-6-22-19(14-17)24-7-4-21(5-8-24)26-9-10-27-21/h3,6,11-14H,4-5,7-10H2,1-2H3,(H,23,25). The fraction of sp³-hybridized carbons (Fsp3) is 0.429. The molecule has 2 fully saturated rings. The van der Waals surface area contributed by atoms with Crippen molar-refractivity contribution in [3.05, 3.63) is 53.2 Å². The van der Waals surface area contributed by atoms with Crippen molar-refractivity contribution in [3.8, 4) is 0 Å². The minimum atomic E-state index is -0.408.